The zero-order chi connectivity index (χ0) is 23.5. The smallest absolute Gasteiger partial charge is 0.251 e. The van der Waals surface area contributed by atoms with Gasteiger partial charge in [0.2, 0.25) is 0 Å². The second-order valence-electron chi connectivity index (χ2n) is 8.69. The molecule has 1 amide bonds. The van der Waals surface area contributed by atoms with Gasteiger partial charge in [0, 0.05) is 33.0 Å². The first kappa shape index (κ1) is 22.5. The van der Waals surface area contributed by atoms with Crippen molar-refractivity contribution in [2.75, 3.05) is 31.1 Å². The molecule has 1 aliphatic rings. The lowest BCUT2D eigenvalue weighted by Gasteiger charge is -2.37. The number of benzene rings is 2. The number of para-hydroxylation sites is 1. The molecule has 2 aromatic carbocycles. The number of nitriles is 1. The second-order valence-corrected chi connectivity index (χ2v) is 8.69. The third kappa shape index (κ3) is 4.73. The van der Waals surface area contributed by atoms with Crippen molar-refractivity contribution in [3.05, 3.63) is 48.0 Å². The number of piperazine rings is 1. The highest BCUT2D eigenvalue weighted by atomic mass is 16.3. The van der Waals surface area contributed by atoms with E-state index < -0.39 is 6.10 Å². The molecule has 0 aliphatic carbocycles. The summed E-state index contributed by atoms with van der Waals surface area (Å²) in [7, 11) is 0. The Morgan fingerprint density at radius 2 is 1.88 bits per heavy atom. The second kappa shape index (κ2) is 9.43. The van der Waals surface area contributed by atoms with Crippen LogP contribution in [0.1, 0.15) is 27.3 Å². The first-order chi connectivity index (χ1) is 15.9. The van der Waals surface area contributed by atoms with Crippen LogP contribution in [0.4, 0.5) is 5.82 Å². The van der Waals surface area contributed by atoms with Gasteiger partial charge in [0.05, 0.1) is 22.7 Å². The molecule has 1 saturated heterocycles. The minimum atomic E-state index is -0.984. The third-order valence-electron chi connectivity index (χ3n) is 5.82. The van der Waals surface area contributed by atoms with E-state index in [1.54, 1.807) is 41.3 Å². The minimum absolute atomic E-state index is 0. The van der Waals surface area contributed by atoms with Crippen LogP contribution in [0, 0.1) is 17.2 Å². The van der Waals surface area contributed by atoms with E-state index in [0.717, 1.165) is 5.39 Å². The van der Waals surface area contributed by atoms with Gasteiger partial charge in [-0.05, 0) is 42.7 Å². The van der Waals surface area contributed by atoms with Crippen LogP contribution < -0.4 is 4.90 Å². The predicted octanol–water partition coefficient (Wildman–Crippen LogP) is 3.18. The van der Waals surface area contributed by atoms with E-state index in [4.69, 9.17) is 4.98 Å². The molecule has 0 bridgehead atoms. The average Bonchev–Trinajstić information content (AvgIpc) is 2.82. The van der Waals surface area contributed by atoms with Gasteiger partial charge >= 0.3 is 0 Å². The molecule has 4 rings (SSSR count). The lowest BCUT2D eigenvalue weighted by Crippen LogP contribution is -2.52. The highest BCUT2D eigenvalue weighted by Crippen LogP contribution is 2.32. The van der Waals surface area contributed by atoms with Crippen LogP contribution in [-0.2, 0) is 4.79 Å². The average molecular weight is 448 g/mol. The SMILES string of the molecule is CC(C)C[C@@H](O)C(=O)N1CCN(c2nc(-c3ccccc3O)nc3ccc(C#N)cc23)CC1.[HH]. The Kier molecular flexibility index (Phi) is 6.43. The summed E-state index contributed by atoms with van der Waals surface area (Å²) in [6.45, 7) is 5.94. The van der Waals surface area contributed by atoms with Gasteiger partial charge in [0.25, 0.3) is 5.91 Å². The van der Waals surface area contributed by atoms with Gasteiger partial charge in [-0.2, -0.15) is 5.26 Å². The van der Waals surface area contributed by atoms with Crippen LogP contribution in [0.5, 0.6) is 5.75 Å². The summed E-state index contributed by atoms with van der Waals surface area (Å²) >= 11 is 0. The van der Waals surface area contributed by atoms with Gasteiger partial charge in [-0.15, -0.1) is 0 Å². The van der Waals surface area contributed by atoms with Gasteiger partial charge < -0.3 is 20.0 Å². The van der Waals surface area contributed by atoms with Crippen molar-refractivity contribution in [2.24, 2.45) is 5.92 Å². The van der Waals surface area contributed by atoms with E-state index in [0.29, 0.717) is 60.9 Å². The van der Waals surface area contributed by atoms with Gasteiger partial charge in [-0.1, -0.05) is 26.0 Å². The summed E-state index contributed by atoms with van der Waals surface area (Å²) in [6, 6.07) is 14.3. The molecule has 0 saturated carbocycles. The number of fused-ring (bicyclic) bond motifs is 1. The maximum atomic E-state index is 12.6. The minimum Gasteiger partial charge on any atom is -0.507 e. The fraction of sp³-hybridized carbons (Fsp3) is 0.360. The molecule has 1 atom stereocenters. The van der Waals surface area contributed by atoms with Crippen molar-refractivity contribution < 1.29 is 16.4 Å². The number of hydrogen-bond donors (Lipinski definition) is 2. The van der Waals surface area contributed by atoms with Crippen molar-refractivity contribution in [3.8, 4) is 23.2 Å². The molecule has 172 valence electrons. The van der Waals surface area contributed by atoms with Gasteiger partial charge in [0.15, 0.2) is 5.82 Å². The molecule has 0 spiro atoms. The van der Waals surface area contributed by atoms with E-state index in [1.807, 2.05) is 19.9 Å². The van der Waals surface area contributed by atoms with Crippen molar-refractivity contribution >= 4 is 22.6 Å². The summed E-state index contributed by atoms with van der Waals surface area (Å²) in [5.74, 6) is 1.14. The van der Waals surface area contributed by atoms with E-state index in [1.165, 1.54) is 0 Å². The number of carbonyl (C=O) groups excluding carboxylic acids is 1. The van der Waals surface area contributed by atoms with Crippen molar-refractivity contribution in [1.29, 1.82) is 5.26 Å². The maximum Gasteiger partial charge on any atom is 0.251 e. The van der Waals surface area contributed by atoms with Crippen LogP contribution in [0.15, 0.2) is 42.5 Å². The largest absolute Gasteiger partial charge is 0.507 e. The first-order valence-corrected chi connectivity index (χ1v) is 11.1. The summed E-state index contributed by atoms with van der Waals surface area (Å²) in [5.41, 5.74) is 1.70. The van der Waals surface area contributed by atoms with E-state index in [2.05, 4.69) is 16.0 Å². The van der Waals surface area contributed by atoms with Crippen LogP contribution in [0.3, 0.4) is 0 Å². The quantitative estimate of drug-likeness (QED) is 0.617. The van der Waals surface area contributed by atoms with Crippen LogP contribution in [0.25, 0.3) is 22.3 Å². The Balaban J connectivity index is 0.00000324. The fourth-order valence-corrected chi connectivity index (χ4v) is 4.10. The Hall–Kier alpha value is -3.70. The molecular weight excluding hydrogens is 418 g/mol. The third-order valence-corrected chi connectivity index (χ3v) is 5.82. The number of aliphatic hydroxyl groups excluding tert-OH is 1. The number of amides is 1. The number of carbonyl (C=O) groups is 1. The number of phenols is 1. The molecule has 1 aliphatic heterocycles. The molecular formula is C25H29N5O3. The topological polar surface area (TPSA) is 114 Å². The van der Waals surface area contributed by atoms with Gasteiger partial charge in [-0.3, -0.25) is 4.79 Å². The molecule has 8 heteroatoms. The monoisotopic (exact) mass is 447 g/mol. The van der Waals surface area contributed by atoms with Crippen LogP contribution >= 0.6 is 0 Å². The molecule has 0 unspecified atom stereocenters. The maximum absolute atomic E-state index is 12.6. The molecule has 2 heterocycles. The number of rotatable bonds is 5. The lowest BCUT2D eigenvalue weighted by molar-refractivity contribution is -0.141. The summed E-state index contributed by atoms with van der Waals surface area (Å²) in [6.07, 6.45) is -0.543. The van der Waals surface area contributed by atoms with Crippen molar-refractivity contribution in [1.82, 2.24) is 14.9 Å². The Labute approximate surface area is 194 Å². The number of hydrogen-bond acceptors (Lipinski definition) is 7. The molecule has 1 fully saturated rings. The fourth-order valence-electron chi connectivity index (χ4n) is 4.10. The highest BCUT2D eigenvalue weighted by Gasteiger charge is 2.28. The summed E-state index contributed by atoms with van der Waals surface area (Å²) in [4.78, 5) is 25.8. The number of aliphatic hydroxyl groups is 1. The van der Waals surface area contributed by atoms with Crippen molar-refractivity contribution in [2.45, 2.75) is 26.4 Å². The molecule has 0 radical (unpaired) electrons. The number of aromatic hydroxyl groups is 1. The zero-order valence-electron chi connectivity index (χ0n) is 18.8. The molecule has 1 aromatic heterocycles. The van der Waals surface area contributed by atoms with Crippen molar-refractivity contribution in [3.63, 3.8) is 0 Å². The number of phenolic OH excluding ortho intramolecular Hbond substituents is 1. The highest BCUT2D eigenvalue weighted by molar-refractivity contribution is 5.92. The normalized spacial score (nSPS) is 15.0. The molecule has 2 N–H and O–H groups in total. The molecule has 33 heavy (non-hydrogen) atoms. The van der Waals surface area contributed by atoms with E-state index in [-0.39, 0.29) is 19.0 Å². The van der Waals surface area contributed by atoms with E-state index >= 15 is 0 Å². The predicted molar refractivity (Wildman–Crippen MR) is 128 cm³/mol. The van der Waals surface area contributed by atoms with Crippen LogP contribution in [-0.4, -0.2) is 63.3 Å². The number of anilines is 1. The Morgan fingerprint density at radius 1 is 1.15 bits per heavy atom. The first-order valence-electron chi connectivity index (χ1n) is 11.1. The zero-order valence-corrected chi connectivity index (χ0v) is 18.8. The summed E-state index contributed by atoms with van der Waals surface area (Å²) < 4.78 is 0. The number of nitrogens with zero attached hydrogens (tertiary/aromatic N) is 5. The van der Waals surface area contributed by atoms with E-state index in [9.17, 15) is 20.3 Å². The van der Waals surface area contributed by atoms with Crippen LogP contribution in [0.2, 0.25) is 0 Å². The van der Waals surface area contributed by atoms with Gasteiger partial charge in [-0.25, -0.2) is 9.97 Å². The molecule has 3 aromatic rings. The standard InChI is InChI=1S/C25H27N5O3.H2/c1-16(2)13-22(32)25(33)30-11-9-29(10-12-30)24-19-14-17(15-26)7-8-20(19)27-23(28-24)18-5-3-4-6-21(18)31;/h3-8,14,16,22,31-32H,9-13H2,1-2H3;1H/t22-;/m1./s1. The van der Waals surface area contributed by atoms with Gasteiger partial charge in [0.1, 0.15) is 17.7 Å². The Bertz CT molecular complexity index is 1220. The number of aromatic nitrogens is 2. The lowest BCUT2D eigenvalue weighted by atomic mass is 10.0. The summed E-state index contributed by atoms with van der Waals surface area (Å²) in [5, 5.41) is 30.7. The molecule has 8 nitrogen and oxygen atoms in total. The Morgan fingerprint density at radius 3 is 2.55 bits per heavy atom.